The van der Waals surface area contributed by atoms with Crippen molar-refractivity contribution in [3.05, 3.63) is 58.7 Å². The van der Waals surface area contributed by atoms with E-state index in [4.69, 9.17) is 54.7 Å². The highest BCUT2D eigenvalue weighted by molar-refractivity contribution is 7.99. The average Bonchev–Trinajstić information content (AvgIpc) is 3.10. The Bertz CT molecular complexity index is 1760. The van der Waals surface area contributed by atoms with E-state index in [0.717, 1.165) is 11.1 Å². The molecule has 0 bridgehead atoms. The number of benzene rings is 3. The summed E-state index contributed by atoms with van der Waals surface area (Å²) in [5, 5.41) is 27.8. The second-order valence-electron chi connectivity index (χ2n) is 14.7. The number of carbonyl (C=O) groups is 2. The van der Waals surface area contributed by atoms with E-state index in [-0.39, 0.29) is 71.7 Å². The van der Waals surface area contributed by atoms with Crippen molar-refractivity contribution in [1.29, 1.82) is 10.8 Å². The Morgan fingerprint density at radius 2 is 0.911 bits per heavy atom. The fraction of sp³-hybridized carbons (Fsp3) is 0.421. The van der Waals surface area contributed by atoms with Gasteiger partial charge in [-0.1, -0.05) is 41.5 Å². The Hall–Kier alpha value is -4.72. The fourth-order valence-corrected chi connectivity index (χ4v) is 7.00. The SMILES string of the molecule is CC(C)(C)c1cc(NC(=N)N)c(SCCN)c(NC(=O)c2cc(C(=O)Nc3cc(C(C)(C)C)cc(NC(=N)N)c3SCCN)c(OCCN)cc2OCCN)c1. The van der Waals surface area contributed by atoms with Crippen molar-refractivity contribution in [1.82, 2.24) is 0 Å². The number of nitrogens with one attached hydrogen (secondary N) is 6. The molecule has 56 heavy (non-hydrogen) atoms. The number of guanidine groups is 2. The van der Waals surface area contributed by atoms with Crippen LogP contribution in [0.4, 0.5) is 22.7 Å². The predicted octanol–water partition coefficient (Wildman–Crippen LogP) is 4.17. The first kappa shape index (κ1) is 45.7. The Labute approximate surface area is 337 Å². The third-order valence-electron chi connectivity index (χ3n) is 8.00. The highest BCUT2D eigenvalue weighted by Gasteiger charge is 2.27. The number of nitrogens with two attached hydrogens (primary N) is 6. The number of hydrogen-bond acceptors (Lipinski definition) is 12. The molecule has 18 heteroatoms. The minimum absolute atomic E-state index is 0.0285. The van der Waals surface area contributed by atoms with E-state index in [1.54, 1.807) is 0 Å². The molecular weight excluding hydrogens is 753 g/mol. The number of anilines is 4. The monoisotopic (exact) mass is 810 g/mol. The quantitative estimate of drug-likeness (QED) is 0.0488. The molecule has 0 heterocycles. The van der Waals surface area contributed by atoms with E-state index in [0.29, 0.717) is 57.1 Å². The summed E-state index contributed by atoms with van der Waals surface area (Å²) < 4.78 is 11.9. The van der Waals surface area contributed by atoms with Gasteiger partial charge in [-0.05, 0) is 52.3 Å². The molecule has 0 spiro atoms. The second-order valence-corrected chi connectivity index (χ2v) is 16.9. The normalized spacial score (nSPS) is 11.5. The lowest BCUT2D eigenvalue weighted by atomic mass is 9.86. The summed E-state index contributed by atoms with van der Waals surface area (Å²) in [5.74, 6) is -0.444. The van der Waals surface area contributed by atoms with E-state index >= 15 is 0 Å². The lowest BCUT2D eigenvalue weighted by Gasteiger charge is -2.25. The minimum Gasteiger partial charge on any atom is -0.491 e. The Balaban J connectivity index is 2.28. The summed E-state index contributed by atoms with van der Waals surface area (Å²) in [6.45, 7) is 13.3. The fourth-order valence-electron chi connectivity index (χ4n) is 5.29. The summed E-state index contributed by atoms with van der Waals surface area (Å²) >= 11 is 2.78. The van der Waals surface area contributed by atoms with Crippen molar-refractivity contribution in [2.75, 3.05) is 72.2 Å². The molecule has 306 valence electrons. The van der Waals surface area contributed by atoms with Crippen molar-refractivity contribution in [2.24, 2.45) is 34.4 Å². The second kappa shape index (κ2) is 20.4. The van der Waals surface area contributed by atoms with Gasteiger partial charge in [-0.2, -0.15) is 0 Å². The van der Waals surface area contributed by atoms with Crippen LogP contribution in [0.5, 0.6) is 11.5 Å². The lowest BCUT2D eigenvalue weighted by Crippen LogP contribution is -2.24. The van der Waals surface area contributed by atoms with Crippen LogP contribution in [0.25, 0.3) is 0 Å². The van der Waals surface area contributed by atoms with Crippen LogP contribution in [0, 0.1) is 10.8 Å². The van der Waals surface area contributed by atoms with Gasteiger partial charge in [0.25, 0.3) is 11.8 Å². The largest absolute Gasteiger partial charge is 0.491 e. The van der Waals surface area contributed by atoms with Gasteiger partial charge < -0.3 is 65.1 Å². The molecule has 0 unspecified atom stereocenters. The number of rotatable bonds is 18. The van der Waals surface area contributed by atoms with Crippen molar-refractivity contribution >= 4 is 70.0 Å². The number of amides is 2. The topological polar surface area (TPSA) is 305 Å². The predicted molar refractivity (Wildman–Crippen MR) is 232 cm³/mol. The maximum absolute atomic E-state index is 14.5. The Morgan fingerprint density at radius 3 is 1.20 bits per heavy atom. The van der Waals surface area contributed by atoms with E-state index in [2.05, 4.69) is 21.3 Å². The van der Waals surface area contributed by atoms with Gasteiger partial charge in [0.05, 0.1) is 43.7 Å². The van der Waals surface area contributed by atoms with Gasteiger partial charge in [-0.3, -0.25) is 20.4 Å². The molecule has 0 atom stereocenters. The molecular formula is C38H58N12O4S2. The summed E-state index contributed by atoms with van der Waals surface area (Å²) in [7, 11) is 0. The Kier molecular flexibility index (Phi) is 16.7. The van der Waals surface area contributed by atoms with Crippen LogP contribution in [-0.2, 0) is 10.8 Å². The first-order chi connectivity index (χ1) is 26.3. The van der Waals surface area contributed by atoms with Crippen molar-refractivity contribution in [2.45, 2.75) is 62.2 Å². The molecule has 0 aliphatic heterocycles. The van der Waals surface area contributed by atoms with Crippen LogP contribution < -0.4 is 65.1 Å². The third kappa shape index (κ3) is 12.7. The molecule has 0 radical (unpaired) electrons. The molecule has 0 saturated heterocycles. The maximum atomic E-state index is 14.5. The molecule has 3 rings (SSSR count). The van der Waals surface area contributed by atoms with Crippen molar-refractivity contribution in [3.8, 4) is 11.5 Å². The standard InChI is InChI=1S/C38H58N12O4S2/c1-37(2,3)21-15-25(31(55-13-9-41)27(17-21)49-35(43)44)47-33(51)23-19-24(30(54-12-8-40)20-29(23)53-11-7-39)34(52)48-26-16-22(38(4,5)6)18-28(50-36(45)46)32(26)56-14-10-42/h15-20H,7-14,39-42H2,1-6H3,(H,47,51)(H,48,52)(H4,43,44,49)(H4,45,46,50). The van der Waals surface area contributed by atoms with Gasteiger partial charge in [0, 0.05) is 43.8 Å². The smallest absolute Gasteiger partial charge is 0.259 e. The molecule has 2 amide bonds. The maximum Gasteiger partial charge on any atom is 0.259 e. The van der Waals surface area contributed by atoms with E-state index in [1.165, 1.54) is 35.7 Å². The van der Waals surface area contributed by atoms with Crippen LogP contribution in [0.15, 0.2) is 46.2 Å². The van der Waals surface area contributed by atoms with Crippen LogP contribution in [-0.4, -0.2) is 74.6 Å². The first-order valence-electron chi connectivity index (χ1n) is 18.1. The van der Waals surface area contributed by atoms with E-state index < -0.39 is 11.8 Å². The molecule has 3 aromatic carbocycles. The molecule has 0 aromatic heterocycles. The number of thioether (sulfide) groups is 2. The zero-order chi connectivity index (χ0) is 41.8. The van der Waals surface area contributed by atoms with Gasteiger partial charge in [-0.15, -0.1) is 23.5 Å². The van der Waals surface area contributed by atoms with Gasteiger partial charge in [0.1, 0.15) is 24.7 Å². The summed E-state index contributed by atoms with van der Waals surface area (Å²) in [5.41, 5.74) is 37.9. The van der Waals surface area contributed by atoms with Crippen molar-refractivity contribution in [3.63, 3.8) is 0 Å². The first-order valence-corrected chi connectivity index (χ1v) is 20.0. The van der Waals surface area contributed by atoms with E-state index in [9.17, 15) is 9.59 Å². The Morgan fingerprint density at radius 1 is 0.571 bits per heavy atom. The number of ether oxygens (including phenoxy) is 2. The van der Waals surface area contributed by atoms with Crippen LogP contribution in [0.1, 0.15) is 73.4 Å². The van der Waals surface area contributed by atoms with Crippen LogP contribution >= 0.6 is 23.5 Å². The summed E-state index contributed by atoms with van der Waals surface area (Å²) in [6, 6.07) is 10.4. The highest BCUT2D eigenvalue weighted by Crippen LogP contribution is 2.42. The highest BCUT2D eigenvalue weighted by atomic mass is 32.2. The molecule has 0 saturated carbocycles. The van der Waals surface area contributed by atoms with Crippen LogP contribution in [0.3, 0.4) is 0 Å². The molecule has 16 nitrogen and oxygen atoms in total. The van der Waals surface area contributed by atoms with Crippen LogP contribution in [0.2, 0.25) is 0 Å². The van der Waals surface area contributed by atoms with Gasteiger partial charge in [0.15, 0.2) is 11.9 Å². The molecule has 0 aliphatic carbocycles. The van der Waals surface area contributed by atoms with Gasteiger partial charge >= 0.3 is 0 Å². The summed E-state index contributed by atoms with van der Waals surface area (Å²) in [6.07, 6.45) is 0. The zero-order valence-corrected chi connectivity index (χ0v) is 34.7. The zero-order valence-electron chi connectivity index (χ0n) is 33.0. The third-order valence-corrected chi connectivity index (χ3v) is 10.3. The molecule has 0 aliphatic rings. The van der Waals surface area contributed by atoms with Gasteiger partial charge in [-0.25, -0.2) is 0 Å². The average molecular weight is 811 g/mol. The molecule has 18 N–H and O–H groups in total. The molecule has 0 fully saturated rings. The van der Waals surface area contributed by atoms with Gasteiger partial charge in [0.2, 0.25) is 0 Å². The lowest BCUT2D eigenvalue weighted by molar-refractivity contribution is 0.102. The molecule has 3 aromatic rings. The number of hydrogen-bond donors (Lipinski definition) is 12. The minimum atomic E-state index is -0.590. The number of carbonyl (C=O) groups excluding carboxylic acids is 2. The van der Waals surface area contributed by atoms with E-state index in [1.807, 2.05) is 65.8 Å². The summed E-state index contributed by atoms with van der Waals surface area (Å²) in [4.78, 5) is 30.2. The van der Waals surface area contributed by atoms with Crippen molar-refractivity contribution < 1.29 is 19.1 Å².